The Bertz CT molecular complexity index is 655. The van der Waals surface area contributed by atoms with Crippen molar-refractivity contribution in [1.82, 2.24) is 21.3 Å². The second-order valence-corrected chi connectivity index (χ2v) is 7.49. The van der Waals surface area contributed by atoms with E-state index in [4.69, 9.17) is 5.73 Å². The lowest BCUT2D eigenvalue weighted by molar-refractivity contribution is -0.143. The van der Waals surface area contributed by atoms with E-state index < -0.39 is 66.5 Å². The van der Waals surface area contributed by atoms with Gasteiger partial charge in [-0.2, -0.15) is 0 Å². The molecule has 0 aromatic carbocycles. The summed E-state index contributed by atoms with van der Waals surface area (Å²) < 4.78 is 0. The van der Waals surface area contributed by atoms with Crippen LogP contribution in [0.4, 0.5) is 0 Å². The molecule has 0 aliphatic heterocycles. The van der Waals surface area contributed by atoms with Gasteiger partial charge in [-0.1, -0.05) is 13.8 Å². The number of aliphatic hydroxyl groups is 2. The average Bonchev–Trinajstić information content (AvgIpc) is 2.67. The van der Waals surface area contributed by atoms with Crippen LogP contribution in [0.15, 0.2) is 0 Å². The van der Waals surface area contributed by atoms with Crippen molar-refractivity contribution in [3.63, 3.8) is 0 Å². The highest BCUT2D eigenvalue weighted by Crippen LogP contribution is 2.06. The Morgan fingerprint density at radius 3 is 1.81 bits per heavy atom. The van der Waals surface area contributed by atoms with E-state index in [1.54, 1.807) is 13.8 Å². The monoisotopic (exact) mass is 447 g/mol. The van der Waals surface area contributed by atoms with E-state index in [2.05, 4.69) is 21.3 Å². The SMILES string of the molecule is CC(C)CC(NC(=O)C(NC(=O)C(CO)NC(=O)C(C)NC(=O)CN)C(C)O)C(=O)O. The molecular formula is C18H33N5O8. The first-order valence-corrected chi connectivity index (χ1v) is 9.76. The second kappa shape index (κ2) is 13.5. The molecule has 178 valence electrons. The van der Waals surface area contributed by atoms with Gasteiger partial charge >= 0.3 is 5.97 Å². The van der Waals surface area contributed by atoms with E-state index >= 15 is 0 Å². The van der Waals surface area contributed by atoms with Crippen LogP contribution >= 0.6 is 0 Å². The number of hydrogen-bond acceptors (Lipinski definition) is 8. The number of aliphatic carboxylic acids is 1. The zero-order chi connectivity index (χ0) is 24.3. The number of rotatable bonds is 13. The minimum atomic E-state index is -1.54. The standard InChI is InChI=1S/C18H33N5O8/c1-8(2)5-11(18(30)31)21-17(29)14(10(4)25)23-16(28)12(7-24)22-15(27)9(3)20-13(26)6-19/h8-12,14,24-25H,5-7,19H2,1-4H3,(H,20,26)(H,21,29)(H,22,27)(H,23,28)(H,30,31). The predicted octanol–water partition coefficient (Wildman–Crippen LogP) is -3.59. The van der Waals surface area contributed by atoms with Crippen LogP contribution in [0.1, 0.15) is 34.1 Å². The fourth-order valence-electron chi connectivity index (χ4n) is 2.47. The Kier molecular flexibility index (Phi) is 12.3. The molecule has 9 N–H and O–H groups in total. The minimum Gasteiger partial charge on any atom is -0.480 e. The summed E-state index contributed by atoms with van der Waals surface area (Å²) in [4.78, 5) is 59.6. The van der Waals surface area contributed by atoms with Gasteiger partial charge in [0.25, 0.3) is 0 Å². The van der Waals surface area contributed by atoms with Crippen LogP contribution in [0.5, 0.6) is 0 Å². The fourth-order valence-corrected chi connectivity index (χ4v) is 2.47. The maximum Gasteiger partial charge on any atom is 0.326 e. The lowest BCUT2D eigenvalue weighted by Crippen LogP contribution is -2.60. The number of carbonyl (C=O) groups excluding carboxylic acids is 4. The normalized spacial score (nSPS) is 15.7. The average molecular weight is 447 g/mol. The Morgan fingerprint density at radius 1 is 0.839 bits per heavy atom. The number of nitrogens with two attached hydrogens (primary N) is 1. The molecule has 0 aliphatic carbocycles. The number of aliphatic hydroxyl groups excluding tert-OH is 2. The van der Waals surface area contributed by atoms with Crippen LogP contribution in [-0.4, -0.2) is 88.3 Å². The molecular weight excluding hydrogens is 414 g/mol. The van der Waals surface area contributed by atoms with Crippen LogP contribution in [0.3, 0.4) is 0 Å². The maximum atomic E-state index is 12.5. The van der Waals surface area contributed by atoms with Gasteiger partial charge in [-0.15, -0.1) is 0 Å². The third-order valence-corrected chi connectivity index (χ3v) is 4.16. The zero-order valence-electron chi connectivity index (χ0n) is 18.0. The highest BCUT2D eigenvalue weighted by molar-refractivity contribution is 5.95. The maximum absolute atomic E-state index is 12.5. The molecule has 5 unspecified atom stereocenters. The van der Waals surface area contributed by atoms with Gasteiger partial charge < -0.3 is 42.3 Å². The Hall–Kier alpha value is -2.77. The van der Waals surface area contributed by atoms with Gasteiger partial charge in [0.05, 0.1) is 19.3 Å². The number of nitrogens with one attached hydrogen (secondary N) is 4. The zero-order valence-corrected chi connectivity index (χ0v) is 18.0. The number of carbonyl (C=O) groups is 5. The van der Waals surface area contributed by atoms with Crippen molar-refractivity contribution in [3.8, 4) is 0 Å². The minimum absolute atomic E-state index is 0.0447. The van der Waals surface area contributed by atoms with Crippen LogP contribution in [0, 0.1) is 5.92 Å². The van der Waals surface area contributed by atoms with E-state index in [0.29, 0.717) is 0 Å². The molecule has 13 heteroatoms. The summed E-state index contributed by atoms with van der Waals surface area (Å²) in [5, 5.41) is 37.5. The lowest BCUT2D eigenvalue weighted by Gasteiger charge is -2.26. The van der Waals surface area contributed by atoms with E-state index in [1.807, 2.05) is 0 Å². The summed E-state index contributed by atoms with van der Waals surface area (Å²) in [6.45, 7) is 4.89. The molecule has 0 heterocycles. The molecule has 31 heavy (non-hydrogen) atoms. The molecule has 0 aromatic rings. The van der Waals surface area contributed by atoms with Gasteiger partial charge in [-0.05, 0) is 26.2 Å². The summed E-state index contributed by atoms with van der Waals surface area (Å²) in [5.41, 5.74) is 5.14. The van der Waals surface area contributed by atoms with Crippen LogP contribution in [0.25, 0.3) is 0 Å². The van der Waals surface area contributed by atoms with Crippen molar-refractivity contribution in [2.24, 2.45) is 11.7 Å². The summed E-state index contributed by atoms with van der Waals surface area (Å²) in [5.74, 6) is -4.65. The summed E-state index contributed by atoms with van der Waals surface area (Å²) in [7, 11) is 0. The van der Waals surface area contributed by atoms with Crippen LogP contribution in [-0.2, 0) is 24.0 Å². The van der Waals surface area contributed by atoms with Gasteiger partial charge in [0.1, 0.15) is 24.2 Å². The second-order valence-electron chi connectivity index (χ2n) is 7.49. The van der Waals surface area contributed by atoms with E-state index in [9.17, 15) is 39.3 Å². The molecule has 0 bridgehead atoms. The smallest absolute Gasteiger partial charge is 0.326 e. The van der Waals surface area contributed by atoms with Crippen molar-refractivity contribution >= 4 is 29.6 Å². The largest absolute Gasteiger partial charge is 0.480 e. The van der Waals surface area contributed by atoms with Gasteiger partial charge in [-0.25, -0.2) is 4.79 Å². The predicted molar refractivity (Wildman–Crippen MR) is 108 cm³/mol. The van der Waals surface area contributed by atoms with Gasteiger partial charge in [0.15, 0.2) is 0 Å². The fraction of sp³-hybridized carbons (Fsp3) is 0.722. The van der Waals surface area contributed by atoms with Crippen molar-refractivity contribution in [2.45, 2.75) is 64.4 Å². The van der Waals surface area contributed by atoms with Crippen molar-refractivity contribution in [3.05, 3.63) is 0 Å². The van der Waals surface area contributed by atoms with Gasteiger partial charge in [-0.3, -0.25) is 19.2 Å². The van der Waals surface area contributed by atoms with Crippen LogP contribution < -0.4 is 27.0 Å². The third kappa shape index (κ3) is 10.2. The molecule has 0 saturated carbocycles. The third-order valence-electron chi connectivity index (χ3n) is 4.16. The van der Waals surface area contributed by atoms with E-state index in [1.165, 1.54) is 13.8 Å². The summed E-state index contributed by atoms with van der Waals surface area (Å²) >= 11 is 0. The lowest BCUT2D eigenvalue weighted by atomic mass is 10.0. The topological polar surface area (TPSA) is 220 Å². The van der Waals surface area contributed by atoms with Crippen molar-refractivity contribution in [2.75, 3.05) is 13.2 Å². The number of hydrogen-bond donors (Lipinski definition) is 8. The molecule has 4 amide bonds. The van der Waals surface area contributed by atoms with Crippen molar-refractivity contribution in [1.29, 1.82) is 0 Å². The van der Waals surface area contributed by atoms with E-state index in [-0.39, 0.29) is 18.9 Å². The molecule has 0 radical (unpaired) electrons. The first kappa shape index (κ1) is 28.2. The Balaban J connectivity index is 5.18. The number of carboxylic acids is 1. The molecule has 0 saturated heterocycles. The quantitative estimate of drug-likeness (QED) is 0.140. The first-order chi connectivity index (χ1) is 14.3. The summed E-state index contributed by atoms with van der Waals surface area (Å²) in [6.07, 6.45) is -1.28. The molecule has 0 aromatic heterocycles. The summed E-state index contributed by atoms with van der Waals surface area (Å²) in [6, 6.07) is -5.32. The molecule has 0 spiro atoms. The molecule has 0 fully saturated rings. The Labute approximate surface area is 180 Å². The number of amides is 4. The van der Waals surface area contributed by atoms with Crippen molar-refractivity contribution < 1.29 is 39.3 Å². The Morgan fingerprint density at radius 2 is 1.39 bits per heavy atom. The number of carboxylic acid groups (broad SMARTS) is 1. The molecule has 0 aliphatic rings. The first-order valence-electron chi connectivity index (χ1n) is 9.76. The van der Waals surface area contributed by atoms with E-state index in [0.717, 1.165) is 0 Å². The molecule has 0 rings (SSSR count). The molecule has 13 nitrogen and oxygen atoms in total. The van der Waals surface area contributed by atoms with Gasteiger partial charge in [0, 0.05) is 0 Å². The van der Waals surface area contributed by atoms with Crippen LogP contribution in [0.2, 0.25) is 0 Å². The molecule has 5 atom stereocenters. The highest BCUT2D eigenvalue weighted by atomic mass is 16.4. The highest BCUT2D eigenvalue weighted by Gasteiger charge is 2.32. The van der Waals surface area contributed by atoms with Gasteiger partial charge in [0.2, 0.25) is 23.6 Å².